The summed E-state index contributed by atoms with van der Waals surface area (Å²) in [5.41, 5.74) is 0. The van der Waals surface area contributed by atoms with Crippen molar-refractivity contribution >= 4 is 41.7 Å². The van der Waals surface area contributed by atoms with E-state index < -0.39 is 0 Å². The van der Waals surface area contributed by atoms with Gasteiger partial charge in [-0.3, -0.25) is 9.79 Å². The molecule has 0 unspecified atom stereocenters. The van der Waals surface area contributed by atoms with Crippen molar-refractivity contribution in [2.24, 2.45) is 4.99 Å². The van der Waals surface area contributed by atoms with Gasteiger partial charge in [-0.05, 0) is 44.9 Å². The van der Waals surface area contributed by atoms with Crippen molar-refractivity contribution in [1.29, 1.82) is 0 Å². The third-order valence-corrected chi connectivity index (χ3v) is 6.01. The SMILES string of the molecule is CCCN1CCC(NC(=NCCC(=O)N2CCN(c3ccccn3)CC2)NCC)CC1.I. The molecule has 2 aliphatic rings. The minimum Gasteiger partial charge on any atom is -0.357 e. The van der Waals surface area contributed by atoms with Crippen LogP contribution >= 0.6 is 24.0 Å². The van der Waals surface area contributed by atoms with Crippen LogP contribution in [0.3, 0.4) is 0 Å². The second-order valence-electron chi connectivity index (χ2n) is 8.33. The van der Waals surface area contributed by atoms with Crippen LogP contribution in [0, 0.1) is 0 Å². The molecule has 3 heterocycles. The van der Waals surface area contributed by atoms with E-state index in [2.05, 4.69) is 44.3 Å². The number of nitrogens with zero attached hydrogens (tertiary/aromatic N) is 5. The number of amides is 1. The molecule has 8 nitrogen and oxygen atoms in total. The van der Waals surface area contributed by atoms with E-state index in [1.54, 1.807) is 0 Å². The lowest BCUT2D eigenvalue weighted by Crippen LogP contribution is -2.49. The summed E-state index contributed by atoms with van der Waals surface area (Å²) in [7, 11) is 0. The lowest BCUT2D eigenvalue weighted by atomic mass is 10.1. The Morgan fingerprint density at radius 2 is 1.88 bits per heavy atom. The smallest absolute Gasteiger partial charge is 0.224 e. The highest BCUT2D eigenvalue weighted by Gasteiger charge is 2.22. The molecule has 3 rings (SSSR count). The van der Waals surface area contributed by atoms with Crippen LogP contribution in [0.5, 0.6) is 0 Å². The van der Waals surface area contributed by atoms with Crippen LogP contribution in [-0.4, -0.2) is 91.6 Å². The Labute approximate surface area is 210 Å². The minimum atomic E-state index is 0. The standard InChI is InChI=1S/C23H39N7O.HI/c1-3-13-28-14-9-20(10-15-28)27-23(24-4-2)26-12-8-22(31)30-18-16-29(17-19-30)21-7-5-6-11-25-21;/h5-7,11,20H,3-4,8-10,12-19H2,1-2H3,(H2,24,26,27);1H. The largest absolute Gasteiger partial charge is 0.357 e. The number of aliphatic imine (C=N–C) groups is 1. The van der Waals surface area contributed by atoms with Crippen LogP contribution in [0.2, 0.25) is 0 Å². The predicted molar refractivity (Wildman–Crippen MR) is 142 cm³/mol. The predicted octanol–water partition coefficient (Wildman–Crippen LogP) is 2.17. The fourth-order valence-electron chi connectivity index (χ4n) is 4.28. The molecule has 32 heavy (non-hydrogen) atoms. The normalized spacial score (nSPS) is 18.2. The summed E-state index contributed by atoms with van der Waals surface area (Å²) < 4.78 is 0. The molecule has 0 aromatic carbocycles. The molecule has 0 aliphatic carbocycles. The summed E-state index contributed by atoms with van der Waals surface area (Å²) in [5, 5.41) is 6.90. The summed E-state index contributed by atoms with van der Waals surface area (Å²) in [4.78, 5) is 28.5. The number of carbonyl (C=O) groups excluding carboxylic acids is 1. The van der Waals surface area contributed by atoms with Gasteiger partial charge in [0, 0.05) is 64.5 Å². The highest BCUT2D eigenvalue weighted by atomic mass is 127. The molecule has 2 saturated heterocycles. The zero-order chi connectivity index (χ0) is 21.9. The maximum Gasteiger partial charge on any atom is 0.224 e. The van der Waals surface area contributed by atoms with E-state index in [0.29, 0.717) is 19.0 Å². The third kappa shape index (κ3) is 8.38. The molecule has 2 fully saturated rings. The summed E-state index contributed by atoms with van der Waals surface area (Å²) in [6.07, 6.45) is 5.77. The number of nitrogens with one attached hydrogen (secondary N) is 2. The molecule has 180 valence electrons. The summed E-state index contributed by atoms with van der Waals surface area (Å²) in [5.74, 6) is 2.01. The van der Waals surface area contributed by atoms with E-state index in [4.69, 9.17) is 0 Å². The lowest BCUT2D eigenvalue weighted by molar-refractivity contribution is -0.131. The van der Waals surface area contributed by atoms with E-state index in [0.717, 1.165) is 70.4 Å². The van der Waals surface area contributed by atoms with E-state index in [9.17, 15) is 4.79 Å². The van der Waals surface area contributed by atoms with Gasteiger partial charge in [-0.2, -0.15) is 0 Å². The number of halogens is 1. The molecular formula is C23H40IN7O. The van der Waals surface area contributed by atoms with Gasteiger partial charge in [0.25, 0.3) is 0 Å². The molecule has 0 spiro atoms. The number of hydrogen-bond donors (Lipinski definition) is 2. The van der Waals surface area contributed by atoms with Gasteiger partial charge in [-0.15, -0.1) is 24.0 Å². The summed E-state index contributed by atoms with van der Waals surface area (Å²) >= 11 is 0. The number of piperazine rings is 1. The number of rotatable bonds is 8. The van der Waals surface area contributed by atoms with Crippen molar-refractivity contribution in [1.82, 2.24) is 25.4 Å². The van der Waals surface area contributed by atoms with Gasteiger partial charge < -0.3 is 25.3 Å². The van der Waals surface area contributed by atoms with Gasteiger partial charge in [0.05, 0.1) is 6.54 Å². The molecule has 1 amide bonds. The van der Waals surface area contributed by atoms with Crippen molar-refractivity contribution in [3.8, 4) is 0 Å². The number of anilines is 1. The topological polar surface area (TPSA) is 76.1 Å². The second-order valence-corrected chi connectivity index (χ2v) is 8.33. The van der Waals surface area contributed by atoms with Crippen molar-refractivity contribution in [3.05, 3.63) is 24.4 Å². The zero-order valence-corrected chi connectivity index (χ0v) is 22.0. The van der Waals surface area contributed by atoms with E-state index >= 15 is 0 Å². The van der Waals surface area contributed by atoms with E-state index in [1.807, 2.05) is 29.3 Å². The summed E-state index contributed by atoms with van der Waals surface area (Å²) in [6, 6.07) is 6.41. The van der Waals surface area contributed by atoms with Crippen LogP contribution in [0.25, 0.3) is 0 Å². The minimum absolute atomic E-state index is 0. The first-order valence-electron chi connectivity index (χ1n) is 11.9. The molecule has 2 N–H and O–H groups in total. The quantitative estimate of drug-likeness (QED) is 0.290. The number of piperidine rings is 1. The Kier molecular flexibility index (Phi) is 12.1. The van der Waals surface area contributed by atoms with Crippen LogP contribution in [-0.2, 0) is 4.79 Å². The Bertz CT molecular complexity index is 687. The Hall–Kier alpha value is -1.62. The third-order valence-electron chi connectivity index (χ3n) is 6.01. The van der Waals surface area contributed by atoms with Crippen LogP contribution in [0.4, 0.5) is 5.82 Å². The number of likely N-dealkylation sites (tertiary alicyclic amines) is 1. The number of carbonyl (C=O) groups is 1. The molecule has 2 aliphatic heterocycles. The average Bonchev–Trinajstić information content (AvgIpc) is 2.81. The second kappa shape index (κ2) is 14.5. The van der Waals surface area contributed by atoms with Crippen LogP contribution in [0.15, 0.2) is 29.4 Å². The molecule has 0 radical (unpaired) electrons. The van der Waals surface area contributed by atoms with Gasteiger partial charge in [-0.25, -0.2) is 4.98 Å². The number of hydrogen-bond acceptors (Lipinski definition) is 5. The molecule has 0 atom stereocenters. The highest BCUT2D eigenvalue weighted by molar-refractivity contribution is 14.0. The Morgan fingerprint density at radius 1 is 1.12 bits per heavy atom. The van der Waals surface area contributed by atoms with Gasteiger partial charge in [0.15, 0.2) is 5.96 Å². The monoisotopic (exact) mass is 557 g/mol. The van der Waals surface area contributed by atoms with Crippen molar-refractivity contribution in [3.63, 3.8) is 0 Å². The lowest BCUT2D eigenvalue weighted by Gasteiger charge is -2.35. The van der Waals surface area contributed by atoms with Gasteiger partial charge in [-0.1, -0.05) is 13.0 Å². The first-order chi connectivity index (χ1) is 15.2. The fourth-order valence-corrected chi connectivity index (χ4v) is 4.28. The fraction of sp³-hybridized carbons (Fsp3) is 0.696. The molecule has 0 saturated carbocycles. The molecule has 1 aromatic rings. The van der Waals surface area contributed by atoms with Gasteiger partial charge in [0.1, 0.15) is 5.82 Å². The Balaban J connectivity index is 0.00000363. The summed E-state index contributed by atoms with van der Waals surface area (Å²) in [6.45, 7) is 12.3. The van der Waals surface area contributed by atoms with Gasteiger partial charge >= 0.3 is 0 Å². The molecule has 9 heteroatoms. The number of aromatic nitrogens is 1. The van der Waals surface area contributed by atoms with E-state index in [-0.39, 0.29) is 29.9 Å². The highest BCUT2D eigenvalue weighted by Crippen LogP contribution is 2.13. The van der Waals surface area contributed by atoms with Gasteiger partial charge in [0.2, 0.25) is 5.91 Å². The number of guanidine groups is 1. The molecule has 1 aromatic heterocycles. The van der Waals surface area contributed by atoms with Crippen molar-refractivity contribution < 1.29 is 4.79 Å². The molecule has 0 bridgehead atoms. The van der Waals surface area contributed by atoms with Crippen molar-refractivity contribution in [2.75, 3.05) is 63.8 Å². The van der Waals surface area contributed by atoms with Crippen LogP contribution in [0.1, 0.15) is 39.5 Å². The average molecular weight is 558 g/mol. The van der Waals surface area contributed by atoms with Crippen LogP contribution < -0.4 is 15.5 Å². The first kappa shape index (κ1) is 26.6. The maximum atomic E-state index is 12.6. The Morgan fingerprint density at radius 3 is 2.50 bits per heavy atom. The molecular weight excluding hydrogens is 517 g/mol. The van der Waals surface area contributed by atoms with E-state index in [1.165, 1.54) is 13.0 Å². The van der Waals surface area contributed by atoms with Crippen molar-refractivity contribution in [2.45, 2.75) is 45.6 Å². The first-order valence-corrected chi connectivity index (χ1v) is 11.9. The number of pyridine rings is 1. The zero-order valence-electron chi connectivity index (χ0n) is 19.6. The maximum absolute atomic E-state index is 12.6.